The number of ether oxygens (including phenoxy) is 1. The molecule has 0 fully saturated rings. The average molecular weight is 403 g/mol. The number of nitrogens with zero attached hydrogens (tertiary/aromatic N) is 2. The lowest BCUT2D eigenvalue weighted by molar-refractivity contribution is 0.0478. The number of hydrogen-bond donors (Lipinski definition) is 0. The van der Waals surface area contributed by atoms with E-state index in [1.54, 1.807) is 23.6 Å². The highest BCUT2D eigenvalue weighted by Crippen LogP contribution is 2.29. The zero-order valence-electron chi connectivity index (χ0n) is 15.0. The Morgan fingerprint density at radius 1 is 1.26 bits per heavy atom. The smallest absolute Gasteiger partial charge is 0.349 e. The van der Waals surface area contributed by atoms with Crippen LogP contribution < -0.4 is 5.56 Å². The van der Waals surface area contributed by atoms with Crippen molar-refractivity contribution < 1.29 is 9.53 Å². The minimum absolute atomic E-state index is 0.0394. The van der Waals surface area contributed by atoms with E-state index in [9.17, 15) is 9.59 Å². The number of halogens is 1. The zero-order chi connectivity index (χ0) is 19.0. The van der Waals surface area contributed by atoms with Crippen molar-refractivity contribution in [3.63, 3.8) is 0 Å². The minimum Gasteiger partial charge on any atom is -0.457 e. The van der Waals surface area contributed by atoms with Gasteiger partial charge < -0.3 is 4.74 Å². The SMILES string of the molecule is Cc1c(C(=O)OCc2ccc(Cl)cc2)sc2nc3n(c(=O)c12)CCCCC3. The second-order valence-corrected chi connectivity index (χ2v) is 8.17. The number of aryl methyl sites for hydroxylation is 2. The number of carbonyl (C=O) groups is 1. The fraction of sp³-hybridized carbons (Fsp3) is 0.350. The van der Waals surface area contributed by atoms with Crippen molar-refractivity contribution >= 4 is 39.1 Å². The van der Waals surface area contributed by atoms with E-state index in [2.05, 4.69) is 4.98 Å². The summed E-state index contributed by atoms with van der Waals surface area (Å²) in [5, 5.41) is 1.18. The van der Waals surface area contributed by atoms with E-state index in [4.69, 9.17) is 16.3 Å². The Bertz CT molecular complexity index is 1070. The van der Waals surface area contributed by atoms with E-state index in [1.807, 2.05) is 12.1 Å². The maximum absolute atomic E-state index is 13.0. The maximum atomic E-state index is 13.0. The first-order chi connectivity index (χ1) is 13.0. The standard InChI is InChI=1S/C20H19ClN2O3S/c1-12-16-18(22-15-5-3-2-4-10-23(15)19(16)24)27-17(12)20(25)26-11-13-6-8-14(21)9-7-13/h6-9H,2-5,10-11H2,1H3. The molecule has 27 heavy (non-hydrogen) atoms. The topological polar surface area (TPSA) is 61.2 Å². The van der Waals surface area contributed by atoms with Crippen LogP contribution in [0.3, 0.4) is 0 Å². The highest BCUT2D eigenvalue weighted by atomic mass is 35.5. The van der Waals surface area contributed by atoms with Crippen molar-refractivity contribution in [2.45, 2.75) is 45.8 Å². The summed E-state index contributed by atoms with van der Waals surface area (Å²) in [4.78, 5) is 31.3. The van der Waals surface area contributed by atoms with Crippen molar-refractivity contribution in [2.24, 2.45) is 0 Å². The van der Waals surface area contributed by atoms with Gasteiger partial charge in [-0.05, 0) is 43.0 Å². The Morgan fingerprint density at radius 2 is 2.04 bits per heavy atom. The summed E-state index contributed by atoms with van der Waals surface area (Å²) in [7, 11) is 0. The molecule has 4 rings (SSSR count). The lowest BCUT2D eigenvalue weighted by Gasteiger charge is -2.08. The average Bonchev–Trinajstić information content (AvgIpc) is 2.83. The second kappa shape index (κ2) is 7.44. The minimum atomic E-state index is -0.426. The van der Waals surface area contributed by atoms with Crippen LogP contribution in [0.1, 0.15) is 45.9 Å². The second-order valence-electron chi connectivity index (χ2n) is 6.73. The highest BCUT2D eigenvalue weighted by molar-refractivity contribution is 7.20. The van der Waals surface area contributed by atoms with Crippen molar-refractivity contribution in [2.75, 3.05) is 0 Å². The molecule has 140 valence electrons. The van der Waals surface area contributed by atoms with Crippen LogP contribution in [0.4, 0.5) is 0 Å². The van der Waals surface area contributed by atoms with Crippen LogP contribution in [0.25, 0.3) is 10.2 Å². The quantitative estimate of drug-likeness (QED) is 0.605. The third-order valence-electron chi connectivity index (χ3n) is 4.88. The first-order valence-corrected chi connectivity index (χ1v) is 10.2. The van der Waals surface area contributed by atoms with Gasteiger partial charge in [0.15, 0.2) is 0 Å². The van der Waals surface area contributed by atoms with Gasteiger partial charge in [0.2, 0.25) is 0 Å². The number of benzene rings is 1. The fourth-order valence-electron chi connectivity index (χ4n) is 3.40. The number of fused-ring (bicyclic) bond motifs is 2. The van der Waals surface area contributed by atoms with Gasteiger partial charge in [0.1, 0.15) is 22.1 Å². The van der Waals surface area contributed by atoms with Gasteiger partial charge in [-0.2, -0.15) is 0 Å². The number of esters is 1. The molecule has 3 aromatic rings. The lowest BCUT2D eigenvalue weighted by Crippen LogP contribution is -2.24. The normalized spacial score (nSPS) is 14.0. The molecule has 0 radical (unpaired) electrons. The first-order valence-electron chi connectivity index (χ1n) is 8.99. The summed E-state index contributed by atoms with van der Waals surface area (Å²) < 4.78 is 7.22. The Morgan fingerprint density at radius 3 is 2.81 bits per heavy atom. The molecule has 1 aliphatic rings. The number of hydrogen-bond acceptors (Lipinski definition) is 5. The molecular formula is C20H19ClN2O3S. The third-order valence-corrected chi connectivity index (χ3v) is 6.30. The van der Waals surface area contributed by atoms with Crippen LogP contribution in [0.15, 0.2) is 29.1 Å². The van der Waals surface area contributed by atoms with Crippen LogP contribution in [-0.4, -0.2) is 15.5 Å². The number of rotatable bonds is 3. The molecule has 7 heteroatoms. The van der Waals surface area contributed by atoms with Crippen molar-refractivity contribution in [1.82, 2.24) is 9.55 Å². The van der Waals surface area contributed by atoms with Crippen LogP contribution in [-0.2, 0) is 24.3 Å². The van der Waals surface area contributed by atoms with Gasteiger partial charge in [0.25, 0.3) is 5.56 Å². The van der Waals surface area contributed by atoms with Gasteiger partial charge >= 0.3 is 5.97 Å². The van der Waals surface area contributed by atoms with E-state index in [0.717, 1.165) is 37.1 Å². The van der Waals surface area contributed by atoms with Crippen LogP contribution in [0, 0.1) is 6.92 Å². The van der Waals surface area contributed by atoms with E-state index >= 15 is 0 Å². The molecule has 0 N–H and O–H groups in total. The Hall–Kier alpha value is -2.18. The van der Waals surface area contributed by atoms with E-state index in [1.165, 1.54) is 11.3 Å². The first kappa shape index (κ1) is 18.2. The molecule has 1 aliphatic heterocycles. The fourth-order valence-corrected chi connectivity index (χ4v) is 4.61. The van der Waals surface area contributed by atoms with Gasteiger partial charge in [0, 0.05) is 18.0 Å². The predicted octanol–water partition coefficient (Wildman–Crippen LogP) is 4.50. The Labute approximate surface area is 165 Å². The summed E-state index contributed by atoms with van der Waals surface area (Å²) in [6.45, 7) is 2.65. The van der Waals surface area contributed by atoms with Crippen LogP contribution in [0.2, 0.25) is 5.02 Å². The number of carbonyl (C=O) groups excluding carboxylic acids is 1. The van der Waals surface area contributed by atoms with Gasteiger partial charge in [-0.3, -0.25) is 9.36 Å². The molecule has 3 heterocycles. The van der Waals surface area contributed by atoms with Crippen LogP contribution >= 0.6 is 22.9 Å². The monoisotopic (exact) mass is 402 g/mol. The van der Waals surface area contributed by atoms with Gasteiger partial charge in [-0.25, -0.2) is 9.78 Å². The number of aromatic nitrogens is 2. The largest absolute Gasteiger partial charge is 0.457 e. The summed E-state index contributed by atoms with van der Waals surface area (Å²) in [6.07, 6.45) is 3.94. The van der Waals surface area contributed by atoms with E-state index < -0.39 is 5.97 Å². The van der Waals surface area contributed by atoms with Crippen molar-refractivity contribution in [1.29, 1.82) is 0 Å². The van der Waals surface area contributed by atoms with Gasteiger partial charge in [-0.1, -0.05) is 30.2 Å². The Balaban J connectivity index is 1.65. The van der Waals surface area contributed by atoms with E-state index in [-0.39, 0.29) is 12.2 Å². The van der Waals surface area contributed by atoms with Gasteiger partial charge in [0.05, 0.1) is 5.39 Å². The zero-order valence-corrected chi connectivity index (χ0v) is 16.5. The molecule has 0 unspecified atom stereocenters. The molecule has 0 saturated carbocycles. The van der Waals surface area contributed by atoms with Gasteiger partial charge in [-0.15, -0.1) is 11.3 Å². The molecule has 0 bridgehead atoms. The summed E-state index contributed by atoms with van der Waals surface area (Å²) in [5.74, 6) is 0.400. The number of thiophene rings is 1. The molecule has 0 atom stereocenters. The molecule has 5 nitrogen and oxygen atoms in total. The molecule has 0 amide bonds. The summed E-state index contributed by atoms with van der Waals surface area (Å²) in [5.41, 5.74) is 1.48. The third kappa shape index (κ3) is 3.51. The van der Waals surface area contributed by atoms with Crippen molar-refractivity contribution in [3.05, 3.63) is 61.5 Å². The molecule has 1 aromatic carbocycles. The molecule has 0 spiro atoms. The Kier molecular flexibility index (Phi) is 5.02. The van der Waals surface area contributed by atoms with Crippen molar-refractivity contribution in [3.8, 4) is 0 Å². The molecule has 0 aliphatic carbocycles. The summed E-state index contributed by atoms with van der Waals surface area (Å²) in [6, 6.07) is 7.15. The molecular weight excluding hydrogens is 384 g/mol. The molecule has 2 aromatic heterocycles. The maximum Gasteiger partial charge on any atom is 0.349 e. The predicted molar refractivity (Wildman–Crippen MR) is 107 cm³/mol. The summed E-state index contributed by atoms with van der Waals surface area (Å²) >= 11 is 7.11. The lowest BCUT2D eigenvalue weighted by atomic mass is 10.2. The van der Waals surface area contributed by atoms with E-state index in [0.29, 0.717) is 32.2 Å². The molecule has 0 saturated heterocycles. The van der Waals surface area contributed by atoms with Crippen LogP contribution in [0.5, 0.6) is 0 Å². The highest BCUT2D eigenvalue weighted by Gasteiger charge is 2.23.